The van der Waals surface area contributed by atoms with E-state index in [0.717, 1.165) is 6.42 Å². The Bertz CT molecular complexity index is 836. The Morgan fingerprint density at radius 2 is 2.00 bits per heavy atom. The first-order chi connectivity index (χ1) is 11.3. The Labute approximate surface area is 140 Å². The predicted octanol–water partition coefficient (Wildman–Crippen LogP) is 1.51. The van der Waals surface area contributed by atoms with Gasteiger partial charge in [0.1, 0.15) is 0 Å². The molecule has 132 valence electrons. The molecule has 0 saturated carbocycles. The molecule has 7 heteroatoms. The van der Waals surface area contributed by atoms with Crippen LogP contribution >= 0.6 is 0 Å². The highest BCUT2D eigenvalue weighted by molar-refractivity contribution is 5.70. The van der Waals surface area contributed by atoms with Gasteiger partial charge in [-0.3, -0.25) is 13.9 Å². The average molecular weight is 334 g/mol. The summed E-state index contributed by atoms with van der Waals surface area (Å²) in [5.41, 5.74) is -0.536. The van der Waals surface area contributed by atoms with E-state index in [1.54, 1.807) is 30.8 Å². The van der Waals surface area contributed by atoms with Crippen LogP contribution in [0.4, 0.5) is 0 Å². The molecule has 7 nitrogen and oxygen atoms in total. The third-order valence-corrected chi connectivity index (χ3v) is 4.05. The zero-order chi connectivity index (χ0) is 17.9. The zero-order valence-corrected chi connectivity index (χ0v) is 14.7. The Balaban J connectivity index is 2.42. The first kappa shape index (κ1) is 18.2. The SMILES string of the molecule is C=CCn1cnc2c1c(=O)n(CCCCC(C)(C)O)c(=O)n2CC. The van der Waals surface area contributed by atoms with Crippen molar-refractivity contribution in [3.63, 3.8) is 0 Å². The van der Waals surface area contributed by atoms with Gasteiger partial charge in [-0.2, -0.15) is 0 Å². The second-order valence-corrected chi connectivity index (χ2v) is 6.61. The topological polar surface area (TPSA) is 82.1 Å². The molecule has 2 rings (SSSR count). The molecule has 0 aliphatic heterocycles. The van der Waals surface area contributed by atoms with E-state index < -0.39 is 5.60 Å². The number of hydrogen-bond donors (Lipinski definition) is 1. The van der Waals surface area contributed by atoms with Gasteiger partial charge in [-0.05, 0) is 40.0 Å². The largest absolute Gasteiger partial charge is 0.390 e. The number of rotatable bonds is 8. The number of unbranched alkanes of at least 4 members (excludes halogenated alkanes) is 1. The van der Waals surface area contributed by atoms with Crippen LogP contribution in [0.5, 0.6) is 0 Å². The van der Waals surface area contributed by atoms with Crippen LogP contribution in [0.3, 0.4) is 0 Å². The van der Waals surface area contributed by atoms with Crippen molar-refractivity contribution < 1.29 is 5.11 Å². The quantitative estimate of drug-likeness (QED) is 0.586. The normalized spacial score (nSPS) is 12.0. The molecular formula is C17H26N4O3. The minimum Gasteiger partial charge on any atom is -0.390 e. The van der Waals surface area contributed by atoms with Crippen LogP contribution < -0.4 is 11.2 Å². The predicted molar refractivity (Wildman–Crippen MR) is 94.3 cm³/mol. The summed E-state index contributed by atoms with van der Waals surface area (Å²) in [7, 11) is 0. The molecule has 0 saturated heterocycles. The Morgan fingerprint density at radius 3 is 2.58 bits per heavy atom. The third kappa shape index (κ3) is 3.67. The van der Waals surface area contributed by atoms with E-state index in [-0.39, 0.29) is 11.2 Å². The Hall–Kier alpha value is -2.15. The highest BCUT2D eigenvalue weighted by Gasteiger charge is 2.17. The maximum absolute atomic E-state index is 12.8. The molecule has 0 fully saturated rings. The molecule has 0 aromatic carbocycles. The molecule has 1 N–H and O–H groups in total. The number of imidazole rings is 1. The third-order valence-electron chi connectivity index (χ3n) is 4.05. The van der Waals surface area contributed by atoms with Crippen molar-refractivity contribution >= 4 is 11.2 Å². The van der Waals surface area contributed by atoms with Gasteiger partial charge in [0.05, 0.1) is 11.9 Å². The van der Waals surface area contributed by atoms with Crippen molar-refractivity contribution in [1.82, 2.24) is 18.7 Å². The number of fused-ring (bicyclic) bond motifs is 1. The second-order valence-electron chi connectivity index (χ2n) is 6.61. The lowest BCUT2D eigenvalue weighted by Gasteiger charge is -2.16. The van der Waals surface area contributed by atoms with E-state index in [9.17, 15) is 14.7 Å². The van der Waals surface area contributed by atoms with Crippen LogP contribution in [0.1, 0.15) is 40.0 Å². The van der Waals surface area contributed by atoms with Crippen LogP contribution in [0.15, 0.2) is 28.6 Å². The number of aromatic nitrogens is 4. The molecule has 0 atom stereocenters. The molecule has 0 unspecified atom stereocenters. The van der Waals surface area contributed by atoms with Gasteiger partial charge in [-0.1, -0.05) is 6.08 Å². The first-order valence-corrected chi connectivity index (χ1v) is 8.32. The fourth-order valence-electron chi connectivity index (χ4n) is 2.83. The number of aryl methyl sites for hydroxylation is 1. The monoisotopic (exact) mass is 334 g/mol. The highest BCUT2D eigenvalue weighted by atomic mass is 16.3. The number of hydrogen-bond acceptors (Lipinski definition) is 4. The lowest BCUT2D eigenvalue weighted by atomic mass is 10.0. The van der Waals surface area contributed by atoms with Gasteiger partial charge in [-0.15, -0.1) is 6.58 Å². The summed E-state index contributed by atoms with van der Waals surface area (Å²) in [6.07, 6.45) is 5.28. The molecule has 24 heavy (non-hydrogen) atoms. The summed E-state index contributed by atoms with van der Waals surface area (Å²) in [5.74, 6) is 0. The summed E-state index contributed by atoms with van der Waals surface area (Å²) < 4.78 is 4.51. The van der Waals surface area contributed by atoms with Crippen LogP contribution in [0.2, 0.25) is 0 Å². The van der Waals surface area contributed by atoms with E-state index >= 15 is 0 Å². The highest BCUT2D eigenvalue weighted by Crippen LogP contribution is 2.12. The summed E-state index contributed by atoms with van der Waals surface area (Å²) in [6, 6.07) is 0. The van der Waals surface area contributed by atoms with E-state index in [1.165, 1.54) is 9.13 Å². The van der Waals surface area contributed by atoms with Crippen molar-refractivity contribution in [3.05, 3.63) is 39.8 Å². The molecule has 0 aliphatic rings. The molecule has 0 spiro atoms. The van der Waals surface area contributed by atoms with Crippen molar-refractivity contribution in [1.29, 1.82) is 0 Å². The standard InChI is InChI=1S/C17H26N4O3/c1-5-10-19-12-18-14-13(19)15(22)21(16(23)20(14)6-2)11-8-7-9-17(3,4)24/h5,12,24H,1,6-11H2,2-4H3. The van der Waals surface area contributed by atoms with Gasteiger partial charge in [-0.25, -0.2) is 9.78 Å². The average Bonchev–Trinajstić information content (AvgIpc) is 2.90. The number of nitrogens with zero attached hydrogens (tertiary/aromatic N) is 4. The fraction of sp³-hybridized carbons (Fsp3) is 0.588. The molecule has 2 aromatic heterocycles. The lowest BCUT2D eigenvalue weighted by Crippen LogP contribution is -2.40. The molecule has 0 aliphatic carbocycles. The van der Waals surface area contributed by atoms with E-state index in [0.29, 0.717) is 43.6 Å². The maximum atomic E-state index is 12.8. The maximum Gasteiger partial charge on any atom is 0.332 e. The van der Waals surface area contributed by atoms with Crippen molar-refractivity contribution in [3.8, 4) is 0 Å². The van der Waals surface area contributed by atoms with E-state index in [1.807, 2.05) is 6.92 Å². The minimum absolute atomic E-state index is 0.317. The molecule has 2 heterocycles. The smallest absolute Gasteiger partial charge is 0.332 e. The van der Waals surface area contributed by atoms with Crippen LogP contribution in [-0.2, 0) is 19.6 Å². The lowest BCUT2D eigenvalue weighted by molar-refractivity contribution is 0.0678. The second kappa shape index (κ2) is 7.17. The van der Waals surface area contributed by atoms with Crippen molar-refractivity contribution in [2.75, 3.05) is 0 Å². The summed E-state index contributed by atoms with van der Waals surface area (Å²) in [4.78, 5) is 29.6. The summed E-state index contributed by atoms with van der Waals surface area (Å²) >= 11 is 0. The molecule has 0 radical (unpaired) electrons. The molecular weight excluding hydrogens is 308 g/mol. The number of allylic oxidation sites excluding steroid dienone is 1. The van der Waals surface area contributed by atoms with Gasteiger partial charge < -0.3 is 9.67 Å². The van der Waals surface area contributed by atoms with Crippen LogP contribution in [0.25, 0.3) is 11.2 Å². The molecule has 2 aromatic rings. The minimum atomic E-state index is -0.735. The summed E-state index contributed by atoms with van der Waals surface area (Å²) in [5, 5.41) is 9.76. The fourth-order valence-corrected chi connectivity index (χ4v) is 2.83. The van der Waals surface area contributed by atoms with Gasteiger partial charge in [0.2, 0.25) is 0 Å². The van der Waals surface area contributed by atoms with Crippen molar-refractivity contribution in [2.24, 2.45) is 0 Å². The van der Waals surface area contributed by atoms with Gasteiger partial charge >= 0.3 is 5.69 Å². The Kier molecular flexibility index (Phi) is 5.43. The summed E-state index contributed by atoms with van der Waals surface area (Å²) in [6.45, 7) is 10.3. The first-order valence-electron chi connectivity index (χ1n) is 8.32. The van der Waals surface area contributed by atoms with Gasteiger partial charge in [0, 0.05) is 19.6 Å². The van der Waals surface area contributed by atoms with E-state index in [2.05, 4.69) is 11.6 Å². The molecule has 0 amide bonds. The van der Waals surface area contributed by atoms with Gasteiger partial charge in [0.15, 0.2) is 11.2 Å². The zero-order valence-electron chi connectivity index (χ0n) is 14.7. The van der Waals surface area contributed by atoms with Crippen LogP contribution in [-0.4, -0.2) is 29.4 Å². The van der Waals surface area contributed by atoms with Gasteiger partial charge in [0.25, 0.3) is 5.56 Å². The van der Waals surface area contributed by atoms with Crippen molar-refractivity contribution in [2.45, 2.75) is 65.3 Å². The number of aliphatic hydroxyl groups is 1. The molecule has 0 bridgehead atoms. The van der Waals surface area contributed by atoms with Crippen LogP contribution in [0, 0.1) is 0 Å². The van der Waals surface area contributed by atoms with E-state index in [4.69, 9.17) is 0 Å². The Morgan fingerprint density at radius 1 is 1.29 bits per heavy atom.